The molecule has 5 heteroatoms. The number of benzene rings is 2. The van der Waals surface area contributed by atoms with Crippen LogP contribution in [0.3, 0.4) is 0 Å². The van der Waals surface area contributed by atoms with Crippen LogP contribution in [0.4, 0.5) is 13.2 Å². The molecule has 0 fully saturated rings. The first kappa shape index (κ1) is 25.7. The van der Waals surface area contributed by atoms with Gasteiger partial charge in [0.15, 0.2) is 11.6 Å². The van der Waals surface area contributed by atoms with Gasteiger partial charge in [0.05, 0.1) is 0 Å². The van der Waals surface area contributed by atoms with E-state index in [1.807, 2.05) is 30.3 Å². The van der Waals surface area contributed by atoms with Gasteiger partial charge in [0.25, 0.3) is 0 Å². The van der Waals surface area contributed by atoms with Gasteiger partial charge in [0.1, 0.15) is 5.82 Å². The van der Waals surface area contributed by atoms with Crippen LogP contribution in [-0.2, 0) is 23.3 Å². The Morgan fingerprint density at radius 3 is 2.03 bits per heavy atom. The fourth-order valence-electron chi connectivity index (χ4n) is 3.28. The Bertz CT molecular complexity index is 1150. The quantitative estimate of drug-likeness (QED) is 0.174. The van der Waals surface area contributed by atoms with Crippen molar-refractivity contribution in [2.45, 2.75) is 40.8 Å². The van der Waals surface area contributed by atoms with E-state index in [1.54, 1.807) is 29.4 Å². The van der Waals surface area contributed by atoms with E-state index in [2.05, 4.69) is 46.9 Å². The molecule has 0 heterocycles. The van der Waals surface area contributed by atoms with Crippen LogP contribution >= 0.6 is 0 Å². The number of allylic oxidation sites excluding steroid dienone is 4. The predicted octanol–water partition coefficient (Wildman–Crippen LogP) is 8.15. The maximum atomic E-state index is 13.7. The second kappa shape index (κ2) is 11.3. The zero-order chi connectivity index (χ0) is 23.3. The molecule has 0 bridgehead atoms. The number of hydrogen-bond donors (Lipinski definition) is 0. The maximum Gasteiger partial charge on any atom is 0.161 e. The molecular weight excluding hydrogens is 489 g/mol. The molecule has 0 radical (unpaired) electrons. The van der Waals surface area contributed by atoms with E-state index in [1.165, 1.54) is 16.7 Å². The third-order valence-electron chi connectivity index (χ3n) is 5.22. The average molecular weight is 516 g/mol. The Morgan fingerprint density at radius 2 is 1.52 bits per heavy atom. The van der Waals surface area contributed by atoms with E-state index >= 15 is 0 Å². The summed E-state index contributed by atoms with van der Waals surface area (Å²) in [5.74, 6) is -2.42. The number of halogens is 3. The van der Waals surface area contributed by atoms with Gasteiger partial charge in [-0.2, -0.15) is 11.1 Å². The monoisotopic (exact) mass is 514 g/mol. The van der Waals surface area contributed by atoms with Crippen molar-refractivity contribution in [3.05, 3.63) is 88.8 Å². The summed E-state index contributed by atoms with van der Waals surface area (Å²) in [7, 11) is 0. The van der Waals surface area contributed by atoms with Crippen LogP contribution in [0.5, 0.6) is 0 Å². The molecule has 160 valence electrons. The number of rotatable bonds is 1. The van der Waals surface area contributed by atoms with Gasteiger partial charge in [0, 0.05) is 6.07 Å². The van der Waals surface area contributed by atoms with Gasteiger partial charge in [-0.1, -0.05) is 32.8 Å². The molecule has 1 aliphatic carbocycles. The second-order valence-electron chi connectivity index (χ2n) is 7.88. The van der Waals surface area contributed by atoms with Gasteiger partial charge in [-0.15, -0.1) is 53.6 Å². The summed E-state index contributed by atoms with van der Waals surface area (Å²) in [4.78, 5) is 0. The Balaban J connectivity index is 0.000000220. The zero-order valence-electron chi connectivity index (χ0n) is 18.8. The third-order valence-corrected chi connectivity index (χ3v) is 5.22. The van der Waals surface area contributed by atoms with Gasteiger partial charge < -0.3 is 0 Å². The molecule has 1 atom stereocenters. The molecule has 4 rings (SSSR count). The van der Waals surface area contributed by atoms with Crippen LogP contribution in [0.15, 0.2) is 65.3 Å². The van der Waals surface area contributed by atoms with Gasteiger partial charge in [-0.3, -0.25) is 6.08 Å². The minimum Gasteiger partial charge on any atom is -0.207 e. The predicted molar refractivity (Wildman–Crippen MR) is 122 cm³/mol. The first-order valence-electron chi connectivity index (χ1n) is 10.1. The van der Waals surface area contributed by atoms with E-state index in [9.17, 15) is 13.2 Å². The fourth-order valence-corrected chi connectivity index (χ4v) is 3.28. The van der Waals surface area contributed by atoms with Crippen molar-refractivity contribution in [2.24, 2.45) is 5.92 Å². The van der Waals surface area contributed by atoms with Crippen molar-refractivity contribution >= 4 is 16.2 Å². The molecule has 1 aliphatic rings. The molecule has 1 unspecified atom stereocenters. The Kier molecular flexibility index (Phi) is 9.39. The van der Waals surface area contributed by atoms with Crippen molar-refractivity contribution < 1.29 is 36.5 Å². The van der Waals surface area contributed by atoms with Crippen molar-refractivity contribution in [3.8, 4) is 11.1 Å². The summed E-state index contributed by atoms with van der Waals surface area (Å²) in [6.07, 6.45) is 3.36. The van der Waals surface area contributed by atoms with Gasteiger partial charge >= 0.3 is 41.9 Å². The van der Waals surface area contributed by atoms with Crippen molar-refractivity contribution in [1.29, 1.82) is 0 Å². The van der Waals surface area contributed by atoms with Gasteiger partial charge in [-0.05, 0) is 11.6 Å². The smallest absolute Gasteiger partial charge is 0.161 e. The van der Waals surface area contributed by atoms with E-state index in [0.717, 1.165) is 16.8 Å². The first-order chi connectivity index (χ1) is 14.5. The minimum atomic E-state index is -1.17. The Hall–Kier alpha value is -1.58. The van der Waals surface area contributed by atoms with Crippen LogP contribution in [-0.4, -0.2) is 5.43 Å². The standard InChI is InChI=1S/C15H8F3.C9H13.C2H6Si.Zr/c16-13-8-15(18)14(17)7-12(13)11-6-5-9-3-1-2-4-10(9)11;1-6-5-7(2)9(4)8(6)3;1-3-2;/h1-8H;6H,1-4H3;1-2H3;/q2*-1;;+2. The Labute approximate surface area is 198 Å². The van der Waals surface area contributed by atoms with Gasteiger partial charge in [-0.25, -0.2) is 18.7 Å². The zero-order valence-corrected chi connectivity index (χ0v) is 22.3. The average Bonchev–Trinajstić information content (AvgIpc) is 3.22. The SMILES string of the molecule is CC1=[C-]C(C)C(C)=C1C.C[Si](C)=[Zr+2].Fc1cc(F)c(-c2c[cH-]c3ccccc23)cc1F. The van der Waals surface area contributed by atoms with E-state index < -0.39 is 17.5 Å². The summed E-state index contributed by atoms with van der Waals surface area (Å²) < 4.78 is 39.8. The molecule has 31 heavy (non-hydrogen) atoms. The molecule has 0 nitrogen and oxygen atoms in total. The van der Waals surface area contributed by atoms with Crippen LogP contribution < -0.4 is 0 Å². The van der Waals surface area contributed by atoms with E-state index in [0.29, 0.717) is 17.5 Å². The van der Waals surface area contributed by atoms with Crippen molar-refractivity contribution in [3.63, 3.8) is 0 Å². The number of hydrogen-bond acceptors (Lipinski definition) is 0. The molecule has 0 saturated carbocycles. The van der Waals surface area contributed by atoms with Crippen LogP contribution in [0.25, 0.3) is 21.9 Å². The summed E-state index contributed by atoms with van der Waals surface area (Å²) in [5, 5.41) is 1.76. The molecule has 0 N–H and O–H groups in total. The van der Waals surface area contributed by atoms with E-state index in [4.69, 9.17) is 0 Å². The second-order valence-corrected chi connectivity index (χ2v) is 17.3. The molecule has 0 saturated heterocycles. The third kappa shape index (κ3) is 6.70. The fraction of sp³-hybridized carbons (Fsp3) is 0.269. The normalized spacial score (nSPS) is 15.2. The van der Waals surface area contributed by atoms with Crippen molar-refractivity contribution in [2.75, 3.05) is 0 Å². The molecule has 0 aromatic heterocycles. The summed E-state index contributed by atoms with van der Waals surface area (Å²) >= 11 is 1.74. The van der Waals surface area contributed by atoms with E-state index in [-0.39, 0.29) is 11.0 Å². The van der Waals surface area contributed by atoms with Crippen LogP contribution in [0.2, 0.25) is 13.1 Å². The Morgan fingerprint density at radius 1 is 0.935 bits per heavy atom. The molecule has 0 amide bonds. The van der Waals surface area contributed by atoms with Crippen molar-refractivity contribution in [1.82, 2.24) is 0 Å². The minimum absolute atomic E-state index is 0.0788. The summed E-state index contributed by atoms with van der Waals surface area (Å²) in [5.41, 5.74) is 5.11. The number of fused-ring (bicyclic) bond motifs is 1. The molecule has 0 aliphatic heterocycles. The maximum absolute atomic E-state index is 13.7. The largest absolute Gasteiger partial charge is 0.207 e. The molecule has 3 aromatic carbocycles. The molecular formula is C26H27F3SiZr. The molecule has 3 aromatic rings. The first-order valence-corrected chi connectivity index (χ1v) is 16.3. The summed E-state index contributed by atoms with van der Waals surface area (Å²) in [6.45, 7) is 13.3. The topological polar surface area (TPSA) is 0 Å². The van der Waals surface area contributed by atoms with Crippen LogP contribution in [0.1, 0.15) is 27.7 Å². The van der Waals surface area contributed by atoms with Crippen LogP contribution in [0, 0.1) is 29.4 Å². The molecule has 0 spiro atoms. The van der Waals surface area contributed by atoms with Gasteiger partial charge in [0.2, 0.25) is 0 Å². The summed E-state index contributed by atoms with van der Waals surface area (Å²) in [6, 6.07) is 12.4.